The third kappa shape index (κ3) is 22.9. The summed E-state index contributed by atoms with van der Waals surface area (Å²) >= 11 is 0. The third-order valence-electron chi connectivity index (χ3n) is 7.97. The van der Waals surface area contributed by atoms with Crippen molar-refractivity contribution in [1.82, 2.24) is 4.90 Å². The summed E-state index contributed by atoms with van der Waals surface area (Å²) < 4.78 is 17.7. The highest BCUT2D eigenvalue weighted by Crippen LogP contribution is 2.29. The highest BCUT2D eigenvalue weighted by Gasteiger charge is 2.18. The average Bonchev–Trinajstić information content (AvgIpc) is 3.01. The lowest BCUT2D eigenvalue weighted by Gasteiger charge is -2.24. The third-order valence-corrected chi connectivity index (χ3v) is 7.97. The summed E-state index contributed by atoms with van der Waals surface area (Å²) in [7, 11) is 0. The number of carbonyl (C=O) groups excluding carboxylic acids is 1. The summed E-state index contributed by atoms with van der Waals surface area (Å²) in [6, 6.07) is 5.49. The number of esters is 1. The van der Waals surface area contributed by atoms with Crippen molar-refractivity contribution < 1.29 is 28.9 Å². The maximum Gasteiger partial charge on any atom is 0.325 e. The van der Waals surface area contributed by atoms with E-state index in [9.17, 15) is 14.7 Å². The lowest BCUT2D eigenvalue weighted by atomic mass is 10.1. The van der Waals surface area contributed by atoms with Crippen LogP contribution in [-0.4, -0.2) is 74.5 Å². The van der Waals surface area contributed by atoms with Crippen LogP contribution in [0.5, 0.6) is 11.5 Å². The predicted molar refractivity (Wildman–Crippen MR) is 188 cm³/mol. The van der Waals surface area contributed by atoms with Gasteiger partial charge in [0.2, 0.25) is 0 Å². The molecule has 8 nitrogen and oxygen atoms in total. The number of carbonyl (C=O) groups is 2. The van der Waals surface area contributed by atoms with Gasteiger partial charge in [-0.3, -0.25) is 9.59 Å². The van der Waals surface area contributed by atoms with Gasteiger partial charge in [-0.2, -0.15) is 0 Å². The van der Waals surface area contributed by atoms with Gasteiger partial charge in [-0.1, -0.05) is 118 Å². The molecule has 1 rings (SSSR count). The van der Waals surface area contributed by atoms with Crippen LogP contribution in [0.4, 0.5) is 5.69 Å². The van der Waals surface area contributed by atoms with Crippen molar-refractivity contribution in [3.05, 3.63) is 18.2 Å². The largest absolute Gasteiger partial charge is 0.493 e. The second-order valence-electron chi connectivity index (χ2n) is 11.8. The minimum atomic E-state index is -1.02. The van der Waals surface area contributed by atoms with E-state index in [1.54, 1.807) is 12.1 Å². The molecule has 0 aliphatic rings. The number of unbranched alkanes of at least 4 members (excludes halogenated alkanes) is 14. The second-order valence-corrected chi connectivity index (χ2v) is 11.8. The Labute approximate surface area is 281 Å². The molecule has 9 heteroatoms. The van der Waals surface area contributed by atoms with E-state index in [4.69, 9.17) is 14.2 Å². The van der Waals surface area contributed by atoms with E-state index in [0.29, 0.717) is 36.9 Å². The molecule has 0 saturated heterocycles. The second kappa shape index (κ2) is 29.2. The molecule has 0 radical (unpaired) electrons. The Morgan fingerprint density at radius 1 is 0.622 bits per heavy atom. The van der Waals surface area contributed by atoms with Gasteiger partial charge in [-0.15, -0.1) is 12.4 Å². The Morgan fingerprint density at radius 3 is 1.49 bits per heavy atom. The molecule has 1 aromatic rings. The number of likely N-dealkylation sites (N-methyl/N-ethyl adjacent to an activating group) is 1. The van der Waals surface area contributed by atoms with E-state index in [0.717, 1.165) is 38.8 Å². The van der Waals surface area contributed by atoms with Crippen LogP contribution in [0.2, 0.25) is 0 Å². The lowest BCUT2D eigenvalue weighted by molar-refractivity contribution is -0.142. The molecule has 0 amide bonds. The van der Waals surface area contributed by atoms with Crippen molar-refractivity contribution in [3.8, 4) is 11.5 Å². The molecule has 0 heterocycles. The summed E-state index contributed by atoms with van der Waals surface area (Å²) in [5, 5.41) is 9.63. The normalized spacial score (nSPS) is 10.9. The number of ether oxygens (including phenoxy) is 3. The van der Waals surface area contributed by atoms with E-state index in [2.05, 4.69) is 32.6 Å². The molecule has 0 aliphatic carbocycles. The predicted octanol–water partition coefficient (Wildman–Crippen LogP) is 8.92. The highest BCUT2D eigenvalue weighted by molar-refractivity contribution is 5.85. The van der Waals surface area contributed by atoms with Gasteiger partial charge in [-0.25, -0.2) is 0 Å². The van der Waals surface area contributed by atoms with Gasteiger partial charge in [0.15, 0.2) is 0 Å². The number of carboxylic acids is 1. The fourth-order valence-electron chi connectivity index (χ4n) is 5.19. The summed E-state index contributed by atoms with van der Waals surface area (Å²) in [6.07, 6.45) is 19.5. The number of benzene rings is 1. The van der Waals surface area contributed by atoms with Crippen molar-refractivity contribution in [2.75, 3.05) is 57.4 Å². The van der Waals surface area contributed by atoms with Gasteiger partial charge in [-0.05, 0) is 25.9 Å². The molecule has 0 aliphatic heterocycles. The molecule has 1 N–H and O–H groups in total. The molecule has 0 spiro atoms. The van der Waals surface area contributed by atoms with E-state index in [1.807, 2.05) is 6.07 Å². The molecule has 0 fully saturated rings. The van der Waals surface area contributed by atoms with Gasteiger partial charge >= 0.3 is 11.9 Å². The van der Waals surface area contributed by atoms with Crippen LogP contribution in [0.15, 0.2) is 18.2 Å². The Hall–Kier alpha value is -2.19. The van der Waals surface area contributed by atoms with Gasteiger partial charge in [0.1, 0.15) is 31.2 Å². The number of nitrogens with zero attached hydrogens (tertiary/aromatic N) is 2. The van der Waals surface area contributed by atoms with Crippen LogP contribution in [0, 0.1) is 0 Å². The number of aliphatic carboxylic acids is 1. The van der Waals surface area contributed by atoms with Crippen molar-refractivity contribution >= 4 is 30.0 Å². The molecule has 0 bridgehead atoms. The molecule has 0 aromatic heterocycles. The highest BCUT2D eigenvalue weighted by atomic mass is 35.5. The van der Waals surface area contributed by atoms with Crippen molar-refractivity contribution in [3.63, 3.8) is 0 Å². The zero-order chi connectivity index (χ0) is 32.3. The quantitative estimate of drug-likeness (QED) is 0.0649. The topological polar surface area (TPSA) is 88.5 Å². The minimum Gasteiger partial charge on any atom is -0.493 e. The number of hydrogen-bond donors (Lipinski definition) is 1. The average molecular weight is 657 g/mol. The first kappa shape index (κ1) is 42.8. The molecular formula is C36H65ClN2O6. The Morgan fingerprint density at radius 2 is 1.07 bits per heavy atom. The fraction of sp³-hybridized carbons (Fsp3) is 0.778. The molecule has 1 aromatic carbocycles. The fourth-order valence-corrected chi connectivity index (χ4v) is 5.19. The summed E-state index contributed by atoms with van der Waals surface area (Å²) in [5.74, 6) is -0.221. The molecule has 45 heavy (non-hydrogen) atoms. The summed E-state index contributed by atoms with van der Waals surface area (Å²) in [4.78, 5) is 28.2. The van der Waals surface area contributed by atoms with Crippen LogP contribution >= 0.6 is 12.4 Å². The smallest absolute Gasteiger partial charge is 0.325 e. The number of anilines is 1. The van der Waals surface area contributed by atoms with E-state index in [-0.39, 0.29) is 32.1 Å². The number of hydrogen-bond acceptors (Lipinski definition) is 7. The Bertz CT molecular complexity index is 828. The Balaban J connectivity index is 0.0000194. The maximum atomic E-state index is 12.7. The minimum absolute atomic E-state index is 0. The molecule has 0 atom stereocenters. The van der Waals surface area contributed by atoms with Crippen LogP contribution in [-0.2, 0) is 14.3 Å². The van der Waals surface area contributed by atoms with Gasteiger partial charge < -0.3 is 29.1 Å². The molecule has 0 unspecified atom stereocenters. The Kier molecular flexibility index (Phi) is 27.8. The van der Waals surface area contributed by atoms with Crippen LogP contribution in [0.3, 0.4) is 0 Å². The number of halogens is 1. The molecule has 262 valence electrons. The zero-order valence-corrected chi connectivity index (χ0v) is 29.8. The van der Waals surface area contributed by atoms with Crippen molar-refractivity contribution in [1.29, 1.82) is 0 Å². The number of rotatable bonds is 30. The zero-order valence-electron chi connectivity index (χ0n) is 29.0. The van der Waals surface area contributed by atoms with Gasteiger partial charge in [0.25, 0.3) is 0 Å². The maximum absolute atomic E-state index is 12.7. The first-order valence-corrected chi connectivity index (χ1v) is 17.7. The van der Waals surface area contributed by atoms with Crippen molar-refractivity contribution in [2.45, 2.75) is 130 Å². The molecular weight excluding hydrogens is 592 g/mol. The van der Waals surface area contributed by atoms with E-state index >= 15 is 0 Å². The lowest BCUT2D eigenvalue weighted by Crippen LogP contribution is -2.36. The summed E-state index contributed by atoms with van der Waals surface area (Å²) in [6.45, 7) is 12.0. The van der Waals surface area contributed by atoms with Gasteiger partial charge in [0, 0.05) is 30.4 Å². The monoisotopic (exact) mass is 656 g/mol. The van der Waals surface area contributed by atoms with Crippen LogP contribution in [0.25, 0.3) is 0 Å². The SMILES string of the molecule is CCCCCCCCCCOc1cc(OCCCCCCCCCC)cc(N(CC(=O)O)CC(=O)OCCN(CC)CC)c1.Cl. The van der Waals surface area contributed by atoms with Gasteiger partial charge in [0.05, 0.1) is 13.2 Å². The first-order chi connectivity index (χ1) is 21.4. The summed E-state index contributed by atoms with van der Waals surface area (Å²) in [5.41, 5.74) is 0.576. The van der Waals surface area contributed by atoms with E-state index in [1.165, 1.54) is 81.9 Å². The first-order valence-electron chi connectivity index (χ1n) is 17.7. The van der Waals surface area contributed by atoms with Crippen LogP contribution in [0.1, 0.15) is 130 Å². The van der Waals surface area contributed by atoms with Crippen LogP contribution < -0.4 is 14.4 Å². The standard InChI is InChI=1S/C36H64N2O6.ClH/c1-5-9-11-13-15-17-19-21-24-42-33-27-32(28-34(29-33)43-25-22-20-18-16-14-12-10-6-2)38(30-35(39)40)31-36(41)44-26-23-37(7-3)8-4;/h27-29H,5-26,30-31H2,1-4H3,(H,39,40);1H. The molecule has 0 saturated carbocycles. The van der Waals surface area contributed by atoms with E-state index < -0.39 is 11.9 Å². The number of carboxylic acid groups (broad SMARTS) is 1. The van der Waals surface area contributed by atoms with Crippen molar-refractivity contribution in [2.24, 2.45) is 0 Å².